The fourth-order valence-corrected chi connectivity index (χ4v) is 3.15. The first kappa shape index (κ1) is 11.1. The maximum Gasteiger partial charge on any atom is 0.323 e. The van der Waals surface area contributed by atoms with Gasteiger partial charge in [0.25, 0.3) is 0 Å². The number of carbonyl (C=O) groups excluding carboxylic acids is 1. The van der Waals surface area contributed by atoms with Crippen LogP contribution >= 0.6 is 27.3 Å². The van der Waals surface area contributed by atoms with E-state index in [4.69, 9.17) is 4.74 Å². The Morgan fingerprint density at radius 1 is 1.80 bits per heavy atom. The summed E-state index contributed by atoms with van der Waals surface area (Å²) >= 11 is 5.13. The Morgan fingerprint density at radius 3 is 3.07 bits per heavy atom. The standard InChI is InChI=1S/C10H12BrNO2S/c1-14-10(13)9-2-3-12(9)5-8-4-7(11)6-15-8/h4,6,9H,2-3,5H2,1H3. The van der Waals surface area contributed by atoms with E-state index in [1.165, 1.54) is 12.0 Å². The van der Waals surface area contributed by atoms with Crippen LogP contribution in [0, 0.1) is 0 Å². The van der Waals surface area contributed by atoms with E-state index in [1.54, 1.807) is 11.3 Å². The Bertz CT molecular complexity index is 366. The van der Waals surface area contributed by atoms with Crippen LogP contribution in [0.15, 0.2) is 15.9 Å². The molecule has 5 heteroatoms. The topological polar surface area (TPSA) is 29.5 Å². The minimum Gasteiger partial charge on any atom is -0.468 e. The summed E-state index contributed by atoms with van der Waals surface area (Å²) in [6.07, 6.45) is 0.916. The molecule has 82 valence electrons. The van der Waals surface area contributed by atoms with Gasteiger partial charge in [-0.25, -0.2) is 0 Å². The van der Waals surface area contributed by atoms with Crippen molar-refractivity contribution < 1.29 is 9.53 Å². The van der Waals surface area contributed by atoms with Crippen LogP contribution in [0.1, 0.15) is 11.3 Å². The summed E-state index contributed by atoms with van der Waals surface area (Å²) in [5.74, 6) is -0.114. The highest BCUT2D eigenvalue weighted by atomic mass is 79.9. The molecule has 1 aromatic rings. The van der Waals surface area contributed by atoms with Crippen LogP contribution < -0.4 is 0 Å². The number of ether oxygens (including phenoxy) is 1. The quantitative estimate of drug-likeness (QED) is 0.800. The highest BCUT2D eigenvalue weighted by Crippen LogP contribution is 2.26. The minimum absolute atomic E-state index is 0.0316. The lowest BCUT2D eigenvalue weighted by Gasteiger charge is -2.38. The van der Waals surface area contributed by atoms with E-state index in [2.05, 4.69) is 32.3 Å². The van der Waals surface area contributed by atoms with Crippen LogP contribution in [-0.2, 0) is 16.1 Å². The zero-order valence-corrected chi connectivity index (χ0v) is 10.8. The van der Waals surface area contributed by atoms with Gasteiger partial charge in [0.2, 0.25) is 0 Å². The first-order valence-electron chi connectivity index (χ1n) is 4.75. The Balaban J connectivity index is 1.93. The van der Waals surface area contributed by atoms with Crippen molar-refractivity contribution in [2.24, 2.45) is 0 Å². The molecule has 0 aromatic carbocycles. The lowest BCUT2D eigenvalue weighted by Crippen LogP contribution is -2.51. The third-order valence-corrected chi connectivity index (χ3v) is 4.27. The molecular formula is C10H12BrNO2S. The van der Waals surface area contributed by atoms with E-state index >= 15 is 0 Å². The van der Waals surface area contributed by atoms with Gasteiger partial charge in [-0.3, -0.25) is 9.69 Å². The average molecular weight is 290 g/mol. The molecule has 15 heavy (non-hydrogen) atoms. The second-order valence-electron chi connectivity index (χ2n) is 3.53. The minimum atomic E-state index is -0.114. The molecule has 0 saturated carbocycles. The Hall–Kier alpha value is -0.390. The molecule has 0 amide bonds. The van der Waals surface area contributed by atoms with Gasteiger partial charge in [-0.2, -0.15) is 0 Å². The molecule has 0 radical (unpaired) electrons. The highest BCUT2D eigenvalue weighted by molar-refractivity contribution is 9.10. The molecule has 1 aliphatic heterocycles. The second kappa shape index (κ2) is 4.63. The van der Waals surface area contributed by atoms with Crippen molar-refractivity contribution in [2.45, 2.75) is 19.0 Å². The highest BCUT2D eigenvalue weighted by Gasteiger charge is 2.34. The molecular weight excluding hydrogens is 278 g/mol. The van der Waals surface area contributed by atoms with Crippen LogP contribution in [0.5, 0.6) is 0 Å². The van der Waals surface area contributed by atoms with Crippen molar-refractivity contribution in [1.29, 1.82) is 0 Å². The van der Waals surface area contributed by atoms with Gasteiger partial charge in [-0.1, -0.05) is 0 Å². The summed E-state index contributed by atoms with van der Waals surface area (Å²) < 4.78 is 5.85. The van der Waals surface area contributed by atoms with Crippen LogP contribution in [0.4, 0.5) is 0 Å². The van der Waals surface area contributed by atoms with Gasteiger partial charge in [0.1, 0.15) is 6.04 Å². The zero-order valence-electron chi connectivity index (χ0n) is 8.40. The third-order valence-electron chi connectivity index (χ3n) is 2.58. The monoisotopic (exact) mass is 289 g/mol. The molecule has 1 aromatic heterocycles. The summed E-state index contributed by atoms with van der Waals surface area (Å²) in [7, 11) is 1.45. The summed E-state index contributed by atoms with van der Waals surface area (Å²) in [5.41, 5.74) is 0. The van der Waals surface area contributed by atoms with Crippen molar-refractivity contribution in [1.82, 2.24) is 4.90 Å². The molecule has 1 fully saturated rings. The van der Waals surface area contributed by atoms with Gasteiger partial charge in [-0.05, 0) is 28.4 Å². The molecule has 0 N–H and O–H groups in total. The van der Waals surface area contributed by atoms with Gasteiger partial charge in [0, 0.05) is 27.8 Å². The van der Waals surface area contributed by atoms with Crippen LogP contribution in [0.3, 0.4) is 0 Å². The lowest BCUT2D eigenvalue weighted by molar-refractivity contribution is -0.152. The summed E-state index contributed by atoms with van der Waals surface area (Å²) in [4.78, 5) is 14.7. The number of esters is 1. The van der Waals surface area contributed by atoms with Crippen molar-refractivity contribution in [3.05, 3.63) is 20.8 Å². The molecule has 2 rings (SSSR count). The zero-order chi connectivity index (χ0) is 10.8. The number of rotatable bonds is 3. The summed E-state index contributed by atoms with van der Waals surface area (Å²) in [6, 6.07) is 2.06. The van der Waals surface area contributed by atoms with Crippen LogP contribution in [0.25, 0.3) is 0 Å². The van der Waals surface area contributed by atoms with E-state index in [0.29, 0.717) is 0 Å². The van der Waals surface area contributed by atoms with Crippen molar-refractivity contribution in [3.63, 3.8) is 0 Å². The average Bonchev–Trinajstić information content (AvgIpc) is 2.58. The van der Waals surface area contributed by atoms with Gasteiger partial charge < -0.3 is 4.74 Å². The van der Waals surface area contributed by atoms with Crippen molar-refractivity contribution in [3.8, 4) is 0 Å². The number of hydrogen-bond donors (Lipinski definition) is 0. The predicted octanol–water partition coefficient (Wildman–Crippen LogP) is 2.26. The molecule has 1 atom stereocenters. The molecule has 3 nitrogen and oxygen atoms in total. The van der Waals surface area contributed by atoms with E-state index in [0.717, 1.165) is 24.0 Å². The maximum absolute atomic E-state index is 11.3. The van der Waals surface area contributed by atoms with Crippen molar-refractivity contribution >= 4 is 33.2 Å². The van der Waals surface area contributed by atoms with Crippen LogP contribution in [0.2, 0.25) is 0 Å². The number of carbonyl (C=O) groups is 1. The largest absolute Gasteiger partial charge is 0.468 e. The number of halogens is 1. The number of methoxy groups -OCH3 is 1. The molecule has 0 aliphatic carbocycles. The number of thiophene rings is 1. The first-order chi connectivity index (χ1) is 7.20. The van der Waals surface area contributed by atoms with E-state index in [9.17, 15) is 4.79 Å². The normalized spacial score (nSPS) is 21.1. The number of nitrogens with zero attached hydrogens (tertiary/aromatic N) is 1. The number of likely N-dealkylation sites (tertiary alicyclic amines) is 1. The molecule has 1 aliphatic rings. The van der Waals surface area contributed by atoms with Gasteiger partial charge in [0.05, 0.1) is 7.11 Å². The van der Waals surface area contributed by atoms with Gasteiger partial charge in [0.15, 0.2) is 0 Å². The molecule has 1 saturated heterocycles. The summed E-state index contributed by atoms with van der Waals surface area (Å²) in [5, 5.41) is 2.06. The Kier molecular flexibility index (Phi) is 3.43. The fourth-order valence-electron chi connectivity index (χ4n) is 1.67. The van der Waals surface area contributed by atoms with E-state index in [1.807, 2.05) is 0 Å². The van der Waals surface area contributed by atoms with E-state index in [-0.39, 0.29) is 12.0 Å². The van der Waals surface area contributed by atoms with Gasteiger partial charge >= 0.3 is 5.97 Å². The fraction of sp³-hybridized carbons (Fsp3) is 0.500. The van der Waals surface area contributed by atoms with Gasteiger partial charge in [-0.15, -0.1) is 11.3 Å². The Morgan fingerprint density at radius 2 is 2.60 bits per heavy atom. The first-order valence-corrected chi connectivity index (χ1v) is 6.43. The molecule has 0 bridgehead atoms. The smallest absolute Gasteiger partial charge is 0.323 e. The number of hydrogen-bond acceptors (Lipinski definition) is 4. The third kappa shape index (κ3) is 2.41. The predicted molar refractivity (Wildman–Crippen MR) is 62.9 cm³/mol. The second-order valence-corrected chi connectivity index (χ2v) is 5.44. The lowest BCUT2D eigenvalue weighted by atomic mass is 10.0. The van der Waals surface area contributed by atoms with Crippen molar-refractivity contribution in [2.75, 3.05) is 13.7 Å². The van der Waals surface area contributed by atoms with E-state index < -0.39 is 0 Å². The summed E-state index contributed by atoms with van der Waals surface area (Å²) in [6.45, 7) is 1.82. The molecule has 2 heterocycles. The van der Waals surface area contributed by atoms with Crippen LogP contribution in [-0.4, -0.2) is 30.6 Å². The molecule has 0 spiro atoms. The SMILES string of the molecule is COC(=O)C1CCN1Cc1cc(Br)cs1. The maximum atomic E-state index is 11.3. The Labute approximate surface area is 101 Å². The molecule has 1 unspecified atom stereocenters.